The van der Waals surface area contributed by atoms with Crippen molar-refractivity contribution in [3.8, 4) is 0 Å². The van der Waals surface area contributed by atoms with Crippen molar-refractivity contribution in [2.75, 3.05) is 26.0 Å². The Bertz CT molecular complexity index is 595. The molecule has 0 aliphatic carbocycles. The fourth-order valence-electron chi connectivity index (χ4n) is 1.98. The van der Waals surface area contributed by atoms with Gasteiger partial charge in [-0.05, 0) is 37.4 Å². The van der Waals surface area contributed by atoms with Gasteiger partial charge in [0.15, 0.2) is 5.52 Å². The number of hydrogen-bond acceptors (Lipinski definition) is 7. The molecular weight excluding hydrogens is 250 g/mol. The van der Waals surface area contributed by atoms with Crippen LogP contribution >= 0.6 is 0 Å². The minimum atomic E-state index is -0.500. The first-order chi connectivity index (χ1) is 8.99. The molecule has 0 amide bonds. The smallest absolute Gasteiger partial charge is 0.300 e. The maximum absolute atomic E-state index is 10.9. The monoisotopic (exact) mass is 265 g/mol. The SMILES string of the molecule is CC(CN(C)C)Nc1ccc([N+](=O)[O-])c2nonc12. The predicted octanol–water partition coefficient (Wildman–Crippen LogP) is 1.49. The summed E-state index contributed by atoms with van der Waals surface area (Å²) in [5.74, 6) is 0. The summed E-state index contributed by atoms with van der Waals surface area (Å²) in [6.45, 7) is 2.84. The summed E-state index contributed by atoms with van der Waals surface area (Å²) in [5.41, 5.74) is 1.10. The summed E-state index contributed by atoms with van der Waals surface area (Å²) < 4.78 is 4.60. The Morgan fingerprint density at radius 3 is 2.74 bits per heavy atom. The Morgan fingerprint density at radius 2 is 2.11 bits per heavy atom. The molecule has 102 valence electrons. The number of aromatic nitrogens is 2. The molecule has 0 spiro atoms. The zero-order valence-electron chi connectivity index (χ0n) is 11.0. The third-order valence-electron chi connectivity index (χ3n) is 2.63. The molecule has 8 heteroatoms. The fraction of sp³-hybridized carbons (Fsp3) is 0.455. The molecule has 0 aliphatic rings. The van der Waals surface area contributed by atoms with E-state index in [4.69, 9.17) is 0 Å². The maximum Gasteiger partial charge on any atom is 0.300 e. The zero-order chi connectivity index (χ0) is 14.0. The van der Waals surface area contributed by atoms with E-state index in [9.17, 15) is 10.1 Å². The Hall–Kier alpha value is -2.22. The van der Waals surface area contributed by atoms with E-state index in [1.807, 2.05) is 25.9 Å². The Morgan fingerprint density at radius 1 is 1.42 bits per heavy atom. The number of nitro groups is 1. The van der Waals surface area contributed by atoms with E-state index in [0.717, 1.165) is 6.54 Å². The van der Waals surface area contributed by atoms with Gasteiger partial charge in [0.05, 0.1) is 10.6 Å². The number of anilines is 1. The number of fused-ring (bicyclic) bond motifs is 1. The van der Waals surface area contributed by atoms with Gasteiger partial charge in [-0.15, -0.1) is 0 Å². The lowest BCUT2D eigenvalue weighted by Gasteiger charge is -2.19. The lowest BCUT2D eigenvalue weighted by molar-refractivity contribution is -0.383. The van der Waals surface area contributed by atoms with Crippen LogP contribution in [0.1, 0.15) is 6.92 Å². The lowest BCUT2D eigenvalue weighted by atomic mass is 10.2. The number of nitro benzene ring substituents is 1. The van der Waals surface area contributed by atoms with E-state index in [1.54, 1.807) is 6.07 Å². The number of rotatable bonds is 5. The first kappa shape index (κ1) is 13.2. The molecule has 8 nitrogen and oxygen atoms in total. The number of nitrogens with zero attached hydrogens (tertiary/aromatic N) is 4. The molecule has 0 saturated heterocycles. The summed E-state index contributed by atoms with van der Waals surface area (Å²) in [7, 11) is 3.95. The van der Waals surface area contributed by atoms with Gasteiger partial charge in [-0.25, -0.2) is 4.63 Å². The van der Waals surface area contributed by atoms with Crippen molar-refractivity contribution >= 4 is 22.4 Å². The summed E-state index contributed by atoms with van der Waals surface area (Å²) in [5, 5.41) is 21.4. The molecule has 0 bridgehead atoms. The summed E-state index contributed by atoms with van der Waals surface area (Å²) in [6.07, 6.45) is 0. The summed E-state index contributed by atoms with van der Waals surface area (Å²) in [6, 6.07) is 3.19. The van der Waals surface area contributed by atoms with Gasteiger partial charge in [-0.2, -0.15) is 0 Å². The molecule has 1 N–H and O–H groups in total. The second-order valence-corrected chi connectivity index (χ2v) is 4.66. The molecule has 1 unspecified atom stereocenters. The second-order valence-electron chi connectivity index (χ2n) is 4.66. The third-order valence-corrected chi connectivity index (χ3v) is 2.63. The number of likely N-dealkylation sites (N-methyl/N-ethyl adjacent to an activating group) is 1. The highest BCUT2D eigenvalue weighted by Gasteiger charge is 2.20. The topological polar surface area (TPSA) is 97.3 Å². The van der Waals surface area contributed by atoms with Gasteiger partial charge in [0.25, 0.3) is 0 Å². The first-order valence-corrected chi connectivity index (χ1v) is 5.80. The second kappa shape index (κ2) is 5.19. The lowest BCUT2D eigenvalue weighted by Crippen LogP contribution is -2.29. The number of benzene rings is 1. The van der Waals surface area contributed by atoms with Crippen LogP contribution in [-0.4, -0.2) is 46.8 Å². The van der Waals surface area contributed by atoms with Crippen molar-refractivity contribution in [1.82, 2.24) is 15.2 Å². The summed E-state index contributed by atoms with van der Waals surface area (Å²) in [4.78, 5) is 12.4. The Kier molecular flexibility index (Phi) is 3.61. The van der Waals surface area contributed by atoms with Crippen LogP contribution in [0.2, 0.25) is 0 Å². The average Bonchev–Trinajstić information content (AvgIpc) is 2.76. The van der Waals surface area contributed by atoms with E-state index >= 15 is 0 Å². The quantitative estimate of drug-likeness (QED) is 0.646. The van der Waals surface area contributed by atoms with Crippen molar-refractivity contribution in [1.29, 1.82) is 0 Å². The molecule has 0 saturated carbocycles. The van der Waals surface area contributed by atoms with Crippen molar-refractivity contribution < 1.29 is 9.55 Å². The molecule has 2 rings (SSSR count). The summed E-state index contributed by atoms with van der Waals surface area (Å²) >= 11 is 0. The molecule has 0 aliphatic heterocycles. The van der Waals surface area contributed by atoms with Crippen LogP contribution in [0.3, 0.4) is 0 Å². The maximum atomic E-state index is 10.9. The molecule has 0 radical (unpaired) electrons. The molecule has 1 aromatic heterocycles. The molecule has 19 heavy (non-hydrogen) atoms. The van der Waals surface area contributed by atoms with Gasteiger partial charge in [0.1, 0.15) is 0 Å². The van der Waals surface area contributed by atoms with Crippen LogP contribution in [0.15, 0.2) is 16.8 Å². The van der Waals surface area contributed by atoms with Crippen molar-refractivity contribution in [2.45, 2.75) is 13.0 Å². The average molecular weight is 265 g/mol. The molecular formula is C11H15N5O3. The highest BCUT2D eigenvalue weighted by Crippen LogP contribution is 2.28. The molecule has 1 heterocycles. The van der Waals surface area contributed by atoms with E-state index in [1.165, 1.54) is 6.07 Å². The normalized spacial score (nSPS) is 12.8. The van der Waals surface area contributed by atoms with E-state index < -0.39 is 4.92 Å². The van der Waals surface area contributed by atoms with Crippen molar-refractivity contribution in [2.24, 2.45) is 0 Å². The van der Waals surface area contributed by atoms with Crippen LogP contribution < -0.4 is 5.32 Å². The molecule has 0 fully saturated rings. The van der Waals surface area contributed by atoms with Crippen LogP contribution in [-0.2, 0) is 0 Å². The predicted molar refractivity (Wildman–Crippen MR) is 70.1 cm³/mol. The highest BCUT2D eigenvalue weighted by molar-refractivity contribution is 5.93. The number of non-ortho nitro benzene ring substituents is 1. The van der Waals surface area contributed by atoms with Crippen LogP contribution in [0, 0.1) is 10.1 Å². The number of nitrogens with one attached hydrogen (secondary N) is 1. The molecule has 1 aromatic carbocycles. The van der Waals surface area contributed by atoms with E-state index in [2.05, 4.69) is 20.3 Å². The minimum Gasteiger partial charge on any atom is -0.379 e. The van der Waals surface area contributed by atoms with Gasteiger partial charge < -0.3 is 10.2 Å². The van der Waals surface area contributed by atoms with Gasteiger partial charge >= 0.3 is 5.69 Å². The largest absolute Gasteiger partial charge is 0.379 e. The van der Waals surface area contributed by atoms with Crippen LogP contribution in [0.4, 0.5) is 11.4 Å². The van der Waals surface area contributed by atoms with Gasteiger partial charge in [-0.3, -0.25) is 10.1 Å². The Labute approximate surface area is 109 Å². The van der Waals surface area contributed by atoms with Gasteiger partial charge in [0, 0.05) is 18.7 Å². The van der Waals surface area contributed by atoms with Crippen LogP contribution in [0.5, 0.6) is 0 Å². The van der Waals surface area contributed by atoms with Crippen LogP contribution in [0.25, 0.3) is 11.0 Å². The number of hydrogen-bond donors (Lipinski definition) is 1. The molecule has 2 aromatic rings. The van der Waals surface area contributed by atoms with Gasteiger partial charge in [-0.1, -0.05) is 0 Å². The minimum absolute atomic E-state index is 0.109. The van der Waals surface area contributed by atoms with Crippen molar-refractivity contribution in [3.05, 3.63) is 22.2 Å². The highest BCUT2D eigenvalue weighted by atomic mass is 16.6. The fourth-order valence-corrected chi connectivity index (χ4v) is 1.98. The Balaban J connectivity index is 2.33. The van der Waals surface area contributed by atoms with Crippen molar-refractivity contribution in [3.63, 3.8) is 0 Å². The third kappa shape index (κ3) is 2.79. The standard InChI is InChI=1S/C11H15N5O3/c1-7(6-15(2)3)12-8-4-5-9(16(17)18)11-10(8)13-19-14-11/h4-5,7,12H,6H2,1-3H3. The zero-order valence-corrected chi connectivity index (χ0v) is 11.0. The van der Waals surface area contributed by atoms with E-state index in [-0.39, 0.29) is 17.2 Å². The van der Waals surface area contributed by atoms with Gasteiger partial charge in [0.2, 0.25) is 5.52 Å². The molecule has 1 atom stereocenters. The van der Waals surface area contributed by atoms with E-state index in [0.29, 0.717) is 11.2 Å². The first-order valence-electron chi connectivity index (χ1n) is 5.80.